The van der Waals surface area contributed by atoms with E-state index in [1.165, 1.54) is 5.56 Å². The van der Waals surface area contributed by atoms with Crippen molar-refractivity contribution in [1.82, 2.24) is 10.6 Å². The lowest BCUT2D eigenvalue weighted by atomic mass is 10.1. The van der Waals surface area contributed by atoms with E-state index >= 15 is 0 Å². The lowest BCUT2D eigenvalue weighted by molar-refractivity contribution is 0.310. The van der Waals surface area contributed by atoms with Crippen LogP contribution in [0.5, 0.6) is 11.5 Å². The van der Waals surface area contributed by atoms with Crippen molar-refractivity contribution < 1.29 is 13.7 Å². The van der Waals surface area contributed by atoms with E-state index in [2.05, 4.69) is 21.7 Å². The zero-order valence-corrected chi connectivity index (χ0v) is 19.1. The fraction of sp³-hybridized carbons (Fsp3) is 0.667. The molecule has 0 amide bonds. The van der Waals surface area contributed by atoms with Crippen LogP contribution in [0, 0.1) is 0 Å². The number of aryl methyl sites for hydroxylation is 1. The van der Waals surface area contributed by atoms with Crippen molar-refractivity contribution in [3.8, 4) is 11.5 Å². The van der Waals surface area contributed by atoms with E-state index in [1.807, 2.05) is 46.8 Å². The lowest BCUT2D eigenvalue weighted by Gasteiger charge is -2.18. The number of benzene rings is 1. The zero-order chi connectivity index (χ0) is 21.0. The molecule has 0 aliphatic carbocycles. The molecule has 0 spiro atoms. The molecule has 0 aliphatic rings. The van der Waals surface area contributed by atoms with Crippen LogP contribution in [0.3, 0.4) is 0 Å². The Morgan fingerprint density at radius 1 is 1.18 bits per heavy atom. The maximum absolute atomic E-state index is 12.1. The highest BCUT2D eigenvalue weighted by Crippen LogP contribution is 2.28. The summed E-state index contributed by atoms with van der Waals surface area (Å²) in [5.74, 6) is 2.93. The molecule has 1 atom stereocenters. The van der Waals surface area contributed by atoms with Crippen LogP contribution in [0.2, 0.25) is 0 Å². The summed E-state index contributed by atoms with van der Waals surface area (Å²) in [6.45, 7) is 12.8. The van der Waals surface area contributed by atoms with Crippen LogP contribution >= 0.6 is 0 Å². The summed E-state index contributed by atoms with van der Waals surface area (Å²) in [7, 11) is 0.787. The van der Waals surface area contributed by atoms with Crippen LogP contribution in [-0.4, -0.2) is 54.0 Å². The van der Waals surface area contributed by atoms with Gasteiger partial charge in [-0.15, -0.1) is 0 Å². The number of nitrogens with zero attached hydrogens (tertiary/aromatic N) is 1. The van der Waals surface area contributed by atoms with Crippen LogP contribution < -0.4 is 20.1 Å². The third kappa shape index (κ3) is 8.95. The summed E-state index contributed by atoms with van der Waals surface area (Å²) >= 11 is 0. The minimum Gasteiger partial charge on any atom is -0.493 e. The van der Waals surface area contributed by atoms with Crippen molar-refractivity contribution in [2.45, 2.75) is 52.2 Å². The molecule has 1 aromatic rings. The molecule has 0 saturated carbocycles. The van der Waals surface area contributed by atoms with Crippen molar-refractivity contribution >= 4 is 16.8 Å². The van der Waals surface area contributed by atoms with E-state index in [4.69, 9.17) is 9.47 Å². The predicted octanol–water partition coefficient (Wildman–Crippen LogP) is 3.13. The van der Waals surface area contributed by atoms with Gasteiger partial charge in [-0.3, -0.25) is 9.20 Å². The van der Waals surface area contributed by atoms with Crippen molar-refractivity contribution in [3.63, 3.8) is 0 Å². The van der Waals surface area contributed by atoms with Crippen LogP contribution in [0.4, 0.5) is 0 Å². The minimum absolute atomic E-state index is 0.185. The molecule has 0 bridgehead atoms. The highest BCUT2D eigenvalue weighted by atomic mass is 32.2. The summed E-state index contributed by atoms with van der Waals surface area (Å²) in [5, 5.41) is 6.51. The van der Waals surface area contributed by atoms with Gasteiger partial charge in [-0.05, 0) is 65.2 Å². The average molecular weight is 412 g/mol. The number of nitrogens with one attached hydrogen (secondary N) is 2. The minimum atomic E-state index is -0.864. The van der Waals surface area contributed by atoms with Gasteiger partial charge in [0.25, 0.3) is 0 Å². The van der Waals surface area contributed by atoms with Crippen molar-refractivity contribution in [2.75, 3.05) is 39.1 Å². The molecule has 1 unspecified atom stereocenters. The number of methoxy groups -OCH3 is 1. The van der Waals surface area contributed by atoms with E-state index in [0.717, 1.165) is 36.8 Å². The number of guanidine groups is 1. The van der Waals surface area contributed by atoms with Gasteiger partial charge < -0.3 is 20.1 Å². The van der Waals surface area contributed by atoms with Crippen molar-refractivity contribution in [1.29, 1.82) is 0 Å². The molecule has 0 saturated heterocycles. The second-order valence-corrected chi connectivity index (χ2v) is 9.70. The molecule has 1 rings (SSSR count). The largest absolute Gasteiger partial charge is 0.493 e. The molecule has 0 aromatic heterocycles. The van der Waals surface area contributed by atoms with E-state index in [9.17, 15) is 4.21 Å². The van der Waals surface area contributed by atoms with E-state index in [-0.39, 0.29) is 4.75 Å². The molecule has 28 heavy (non-hydrogen) atoms. The molecule has 0 aliphatic heterocycles. The normalized spacial score (nSPS) is 13.1. The molecule has 0 heterocycles. The summed E-state index contributed by atoms with van der Waals surface area (Å²) in [6.07, 6.45) is 1.85. The van der Waals surface area contributed by atoms with Crippen LogP contribution in [0.25, 0.3) is 0 Å². The summed E-state index contributed by atoms with van der Waals surface area (Å²) < 4.78 is 22.9. The Kier molecular flexibility index (Phi) is 11.0. The molecule has 160 valence electrons. The van der Waals surface area contributed by atoms with E-state index < -0.39 is 10.8 Å². The second kappa shape index (κ2) is 12.6. The number of hydrogen-bond acceptors (Lipinski definition) is 4. The highest BCUT2D eigenvalue weighted by Gasteiger charge is 2.18. The smallest absolute Gasteiger partial charge is 0.191 e. The Morgan fingerprint density at radius 2 is 1.93 bits per heavy atom. The first-order valence-electron chi connectivity index (χ1n) is 10.0. The number of ether oxygens (including phenoxy) is 2. The Labute approximate surface area is 173 Å². The van der Waals surface area contributed by atoms with Gasteiger partial charge in [0.2, 0.25) is 0 Å². The molecule has 0 fully saturated rings. The summed E-state index contributed by atoms with van der Waals surface area (Å²) in [6, 6.07) is 6.05. The zero-order valence-electron chi connectivity index (χ0n) is 18.3. The monoisotopic (exact) mass is 411 g/mol. The van der Waals surface area contributed by atoms with Gasteiger partial charge in [0.15, 0.2) is 17.5 Å². The third-order valence-electron chi connectivity index (χ3n) is 4.03. The second-order valence-electron chi connectivity index (χ2n) is 7.37. The summed E-state index contributed by atoms with van der Waals surface area (Å²) in [4.78, 5) is 4.62. The maximum Gasteiger partial charge on any atom is 0.191 e. The Balaban J connectivity index is 2.51. The van der Waals surface area contributed by atoms with E-state index in [1.54, 1.807) is 7.11 Å². The molecule has 7 heteroatoms. The average Bonchev–Trinajstić information content (AvgIpc) is 2.64. The molecule has 0 radical (unpaired) electrons. The third-order valence-corrected chi connectivity index (χ3v) is 5.97. The van der Waals surface area contributed by atoms with Gasteiger partial charge in [0.1, 0.15) is 0 Å². The van der Waals surface area contributed by atoms with Gasteiger partial charge in [-0.1, -0.05) is 6.07 Å². The highest BCUT2D eigenvalue weighted by molar-refractivity contribution is 7.86. The lowest BCUT2D eigenvalue weighted by Crippen LogP contribution is -2.40. The van der Waals surface area contributed by atoms with Gasteiger partial charge in [-0.25, -0.2) is 0 Å². The van der Waals surface area contributed by atoms with E-state index in [0.29, 0.717) is 25.4 Å². The van der Waals surface area contributed by atoms with Gasteiger partial charge in [-0.2, -0.15) is 0 Å². The Morgan fingerprint density at radius 3 is 2.54 bits per heavy atom. The van der Waals surface area contributed by atoms with Gasteiger partial charge in [0, 0.05) is 40.9 Å². The van der Waals surface area contributed by atoms with Crippen LogP contribution in [-0.2, 0) is 17.2 Å². The quantitative estimate of drug-likeness (QED) is 0.333. The molecule has 1 aromatic carbocycles. The van der Waals surface area contributed by atoms with Crippen molar-refractivity contribution in [2.24, 2.45) is 4.99 Å². The summed E-state index contributed by atoms with van der Waals surface area (Å²) in [5.41, 5.74) is 1.21. The molecule has 6 nitrogen and oxygen atoms in total. The number of rotatable bonds is 11. The maximum atomic E-state index is 12.1. The Hall–Kier alpha value is -1.76. The molecule has 2 N–H and O–H groups in total. The molecular weight excluding hydrogens is 374 g/mol. The first kappa shape index (κ1) is 24.3. The van der Waals surface area contributed by atoms with Crippen LogP contribution in [0.15, 0.2) is 23.2 Å². The topological polar surface area (TPSA) is 72.0 Å². The number of hydrogen-bond donors (Lipinski definition) is 2. The fourth-order valence-electron chi connectivity index (χ4n) is 2.53. The predicted molar refractivity (Wildman–Crippen MR) is 119 cm³/mol. The van der Waals surface area contributed by atoms with Crippen LogP contribution in [0.1, 0.15) is 46.6 Å². The first-order chi connectivity index (χ1) is 13.3. The fourth-order valence-corrected chi connectivity index (χ4v) is 3.43. The van der Waals surface area contributed by atoms with Crippen molar-refractivity contribution in [3.05, 3.63) is 23.8 Å². The van der Waals surface area contributed by atoms with Gasteiger partial charge in [0.05, 0.1) is 13.7 Å². The molecular formula is C21H37N3O3S. The Bertz CT molecular complexity index is 642. The standard InChI is InChI=1S/C21H37N3O3S/c1-7-22-20(24-14-15-28(25)21(3,4)5)23-13-9-10-17-11-12-18(26-6)19(16-17)27-8-2/h11-12,16H,7-10,13-15H2,1-6H3,(H2,22,23,24). The number of aliphatic imine (C=N–C) groups is 1. The SMILES string of the molecule is CCNC(=NCCCc1ccc(OC)c(OCC)c1)NCCS(=O)C(C)(C)C. The van der Waals surface area contributed by atoms with Gasteiger partial charge >= 0.3 is 0 Å². The first-order valence-corrected chi connectivity index (χ1v) is 11.3.